The fraction of sp³-hybridized carbons (Fsp3) is 0.263. The van der Waals surface area contributed by atoms with Crippen LogP contribution < -0.4 is 10.2 Å². The molecule has 1 N–H and O–H groups in total. The van der Waals surface area contributed by atoms with Gasteiger partial charge >= 0.3 is 0 Å². The van der Waals surface area contributed by atoms with Crippen molar-refractivity contribution in [3.8, 4) is 5.75 Å². The normalized spacial score (nSPS) is 10.7. The number of benzene rings is 2. The minimum Gasteiger partial charge on any atom is -0.496 e. The number of amides is 1. The third kappa shape index (κ3) is 5.70. The number of carbonyl (C=O) groups is 1. The Hall–Kier alpha value is -3.22. The molecule has 136 valence electrons. The minimum atomic E-state index is -0.475. The van der Waals surface area contributed by atoms with Crippen LogP contribution in [0.5, 0.6) is 5.75 Å². The molecular formula is C19H21N3O4. The largest absolute Gasteiger partial charge is 0.496 e. The first-order chi connectivity index (χ1) is 12.5. The highest BCUT2D eigenvalue weighted by molar-refractivity contribution is 5.83. The fourth-order valence-corrected chi connectivity index (χ4v) is 2.50. The predicted molar refractivity (Wildman–Crippen MR) is 99.5 cm³/mol. The molecule has 2 aromatic rings. The summed E-state index contributed by atoms with van der Waals surface area (Å²) in [6.07, 6.45) is 3.21. The summed E-state index contributed by atoms with van der Waals surface area (Å²) in [6, 6.07) is 12.0. The molecule has 0 unspecified atom stereocenters. The monoisotopic (exact) mass is 355 g/mol. The van der Waals surface area contributed by atoms with Crippen LogP contribution in [0, 0.1) is 17.0 Å². The van der Waals surface area contributed by atoms with Gasteiger partial charge in [-0.3, -0.25) is 14.9 Å². The number of hydrogen-bond acceptors (Lipinski definition) is 5. The van der Waals surface area contributed by atoms with E-state index in [1.54, 1.807) is 19.2 Å². The lowest BCUT2D eigenvalue weighted by Gasteiger charge is -2.07. The van der Waals surface area contributed by atoms with Crippen molar-refractivity contribution in [1.82, 2.24) is 5.43 Å². The van der Waals surface area contributed by atoms with Crippen LogP contribution in [0.3, 0.4) is 0 Å². The zero-order valence-corrected chi connectivity index (χ0v) is 14.8. The molecule has 0 aliphatic carbocycles. The number of hydrazone groups is 1. The molecule has 2 rings (SSSR count). The number of non-ortho nitro benzene ring substituents is 1. The highest BCUT2D eigenvalue weighted by atomic mass is 16.6. The van der Waals surface area contributed by atoms with Gasteiger partial charge in [0.15, 0.2) is 0 Å². The number of carbonyl (C=O) groups excluding carboxylic acids is 1. The number of hydrogen-bond donors (Lipinski definition) is 1. The van der Waals surface area contributed by atoms with Gasteiger partial charge in [-0.25, -0.2) is 5.43 Å². The summed E-state index contributed by atoms with van der Waals surface area (Å²) in [6.45, 7) is 1.98. The minimum absolute atomic E-state index is 0.0185. The van der Waals surface area contributed by atoms with Gasteiger partial charge in [-0.05, 0) is 37.0 Å². The molecule has 0 spiro atoms. The Labute approximate surface area is 151 Å². The van der Waals surface area contributed by atoms with Crippen molar-refractivity contribution >= 4 is 17.8 Å². The van der Waals surface area contributed by atoms with E-state index in [0.717, 1.165) is 23.3 Å². The number of nitrogens with zero attached hydrogens (tertiary/aromatic N) is 2. The van der Waals surface area contributed by atoms with Gasteiger partial charge < -0.3 is 4.74 Å². The van der Waals surface area contributed by atoms with Gasteiger partial charge in [-0.2, -0.15) is 5.10 Å². The molecule has 0 aliphatic heterocycles. The first kappa shape index (κ1) is 19.1. The Morgan fingerprint density at radius 2 is 2.12 bits per heavy atom. The smallest absolute Gasteiger partial charge is 0.270 e. The number of ether oxygens (including phenoxy) is 1. The number of aryl methyl sites for hydroxylation is 2. The summed E-state index contributed by atoms with van der Waals surface area (Å²) in [5.41, 5.74) is 5.18. The molecule has 0 fully saturated rings. The van der Waals surface area contributed by atoms with Crippen molar-refractivity contribution in [1.29, 1.82) is 0 Å². The summed E-state index contributed by atoms with van der Waals surface area (Å²) >= 11 is 0. The molecule has 0 aromatic heterocycles. The van der Waals surface area contributed by atoms with Crippen molar-refractivity contribution < 1.29 is 14.5 Å². The first-order valence-corrected chi connectivity index (χ1v) is 8.19. The molecule has 0 heterocycles. The van der Waals surface area contributed by atoms with E-state index in [2.05, 4.69) is 16.6 Å². The Balaban J connectivity index is 1.77. The van der Waals surface area contributed by atoms with Gasteiger partial charge in [0.1, 0.15) is 5.75 Å². The topological polar surface area (TPSA) is 93.8 Å². The second-order valence-corrected chi connectivity index (χ2v) is 5.80. The van der Waals surface area contributed by atoms with E-state index < -0.39 is 4.92 Å². The van der Waals surface area contributed by atoms with E-state index in [1.807, 2.05) is 19.1 Å². The lowest BCUT2D eigenvalue weighted by molar-refractivity contribution is -0.384. The maximum absolute atomic E-state index is 11.8. The molecule has 0 atom stereocenters. The zero-order valence-electron chi connectivity index (χ0n) is 14.8. The van der Waals surface area contributed by atoms with Crippen LogP contribution >= 0.6 is 0 Å². The van der Waals surface area contributed by atoms with Crippen molar-refractivity contribution in [2.24, 2.45) is 5.10 Å². The van der Waals surface area contributed by atoms with Crippen LogP contribution in [0.1, 0.15) is 29.5 Å². The molecule has 1 amide bonds. The van der Waals surface area contributed by atoms with Gasteiger partial charge in [-0.1, -0.05) is 24.3 Å². The van der Waals surface area contributed by atoms with E-state index in [4.69, 9.17) is 4.74 Å². The predicted octanol–water partition coefficient (Wildman–Crippen LogP) is 3.38. The quantitative estimate of drug-likeness (QED) is 0.446. The molecule has 0 bridgehead atoms. The van der Waals surface area contributed by atoms with E-state index in [9.17, 15) is 14.9 Å². The van der Waals surface area contributed by atoms with Crippen LogP contribution in [-0.2, 0) is 11.2 Å². The van der Waals surface area contributed by atoms with E-state index >= 15 is 0 Å². The lowest BCUT2D eigenvalue weighted by Crippen LogP contribution is -2.17. The third-order valence-corrected chi connectivity index (χ3v) is 3.81. The molecule has 7 heteroatoms. The molecule has 26 heavy (non-hydrogen) atoms. The van der Waals surface area contributed by atoms with E-state index in [-0.39, 0.29) is 11.6 Å². The maximum atomic E-state index is 11.8. The average Bonchev–Trinajstić information content (AvgIpc) is 2.62. The van der Waals surface area contributed by atoms with Crippen LogP contribution in [0.4, 0.5) is 5.69 Å². The Bertz CT molecular complexity index is 818. The zero-order chi connectivity index (χ0) is 18.9. The van der Waals surface area contributed by atoms with E-state index in [1.165, 1.54) is 18.3 Å². The lowest BCUT2D eigenvalue weighted by atomic mass is 10.1. The molecule has 0 radical (unpaired) electrons. The van der Waals surface area contributed by atoms with Gasteiger partial charge in [0.05, 0.1) is 18.2 Å². The second kappa shape index (κ2) is 9.31. The highest BCUT2D eigenvalue weighted by Crippen LogP contribution is 2.19. The Kier molecular flexibility index (Phi) is 6.84. The second-order valence-electron chi connectivity index (χ2n) is 5.80. The molecular weight excluding hydrogens is 334 g/mol. The van der Waals surface area contributed by atoms with Gasteiger partial charge in [-0.15, -0.1) is 0 Å². The molecule has 7 nitrogen and oxygen atoms in total. The third-order valence-electron chi connectivity index (χ3n) is 3.81. The SMILES string of the molecule is COc1ccc(CCCC(=O)N/N=C/c2cccc([N+](=O)[O-])c2)cc1C. The summed E-state index contributed by atoms with van der Waals surface area (Å²) in [7, 11) is 1.64. The Morgan fingerprint density at radius 1 is 1.31 bits per heavy atom. The van der Waals surface area contributed by atoms with Gasteiger partial charge in [0.25, 0.3) is 5.69 Å². The Morgan fingerprint density at radius 3 is 2.81 bits per heavy atom. The van der Waals surface area contributed by atoms with Gasteiger partial charge in [0, 0.05) is 24.1 Å². The van der Waals surface area contributed by atoms with Crippen LogP contribution in [-0.4, -0.2) is 24.2 Å². The number of nitro groups is 1. The number of nitro benzene ring substituents is 1. The number of methoxy groups -OCH3 is 1. The molecule has 2 aromatic carbocycles. The van der Waals surface area contributed by atoms with E-state index in [0.29, 0.717) is 18.4 Å². The summed E-state index contributed by atoms with van der Waals surface area (Å²) < 4.78 is 5.23. The van der Waals surface area contributed by atoms with Crippen LogP contribution in [0.25, 0.3) is 0 Å². The summed E-state index contributed by atoms with van der Waals surface area (Å²) in [5, 5.41) is 14.6. The number of rotatable bonds is 8. The first-order valence-electron chi connectivity index (χ1n) is 8.19. The number of nitrogens with one attached hydrogen (secondary N) is 1. The highest BCUT2D eigenvalue weighted by Gasteiger charge is 2.05. The standard InChI is InChI=1S/C19H21N3O4/c1-14-11-15(9-10-18(14)26-2)5-4-8-19(23)21-20-13-16-6-3-7-17(12-16)22(24)25/h3,6-7,9-13H,4-5,8H2,1-2H3,(H,21,23)/b20-13+. The fourth-order valence-electron chi connectivity index (χ4n) is 2.50. The van der Waals surface area contributed by atoms with Gasteiger partial charge in [0.2, 0.25) is 5.91 Å². The molecule has 0 saturated carbocycles. The van der Waals surface area contributed by atoms with Crippen molar-refractivity contribution in [3.63, 3.8) is 0 Å². The average molecular weight is 355 g/mol. The molecule has 0 aliphatic rings. The van der Waals surface area contributed by atoms with Crippen LogP contribution in [0.15, 0.2) is 47.6 Å². The maximum Gasteiger partial charge on any atom is 0.270 e. The summed E-state index contributed by atoms with van der Waals surface area (Å²) in [5.74, 6) is 0.652. The van der Waals surface area contributed by atoms with Crippen molar-refractivity contribution in [3.05, 3.63) is 69.3 Å². The summed E-state index contributed by atoms with van der Waals surface area (Å²) in [4.78, 5) is 22.0. The van der Waals surface area contributed by atoms with Crippen LogP contribution in [0.2, 0.25) is 0 Å². The van der Waals surface area contributed by atoms with Crippen molar-refractivity contribution in [2.45, 2.75) is 26.2 Å². The van der Waals surface area contributed by atoms with Crippen molar-refractivity contribution in [2.75, 3.05) is 7.11 Å². The molecule has 0 saturated heterocycles.